The molecule has 0 saturated carbocycles. The summed E-state index contributed by atoms with van der Waals surface area (Å²) in [6.45, 7) is 4.26. The first kappa shape index (κ1) is 13.0. The molecule has 0 saturated heterocycles. The number of Topliss-reactive ketones (excluding diaryl/α,β-unsaturated/α-hetero) is 1. The molecule has 0 radical (unpaired) electrons. The molecule has 1 unspecified atom stereocenters. The number of hydrogen-bond donors (Lipinski definition) is 1. The Morgan fingerprint density at radius 3 is 3.00 bits per heavy atom. The number of carbonyl (C=O) groups is 1. The van der Waals surface area contributed by atoms with Crippen molar-refractivity contribution in [1.82, 2.24) is 4.98 Å². The predicted molar refractivity (Wildman–Crippen MR) is 69.6 cm³/mol. The lowest BCUT2D eigenvalue weighted by atomic mass is 10.1. The fraction of sp³-hybridized carbons (Fsp3) is 0.500. The van der Waals surface area contributed by atoms with Crippen molar-refractivity contribution >= 4 is 23.2 Å². The summed E-state index contributed by atoms with van der Waals surface area (Å²) in [6, 6.07) is 1.73. The molecular formula is C12H18N2OS. The third-order valence-electron chi connectivity index (χ3n) is 2.43. The molecule has 0 aliphatic rings. The number of aromatic nitrogens is 1. The smallest absolute Gasteiger partial charge is 0.147 e. The van der Waals surface area contributed by atoms with Crippen LogP contribution in [0.1, 0.15) is 25.8 Å². The van der Waals surface area contributed by atoms with Crippen molar-refractivity contribution < 1.29 is 4.79 Å². The minimum atomic E-state index is 0.213. The zero-order chi connectivity index (χ0) is 12.0. The fourth-order valence-corrected chi connectivity index (χ4v) is 2.01. The number of rotatable bonds is 6. The van der Waals surface area contributed by atoms with Gasteiger partial charge in [-0.1, -0.05) is 13.8 Å². The SMILES string of the molecule is CCC(C)SCC(=O)Cc1cnccc1N. The Kier molecular flexibility index (Phi) is 5.32. The van der Waals surface area contributed by atoms with Crippen LogP contribution in [0, 0.1) is 0 Å². The summed E-state index contributed by atoms with van der Waals surface area (Å²) in [5.41, 5.74) is 7.23. The first-order valence-electron chi connectivity index (χ1n) is 5.45. The number of pyridine rings is 1. The monoisotopic (exact) mass is 238 g/mol. The normalized spacial score (nSPS) is 12.4. The average Bonchev–Trinajstić information content (AvgIpc) is 2.29. The molecule has 16 heavy (non-hydrogen) atoms. The quantitative estimate of drug-likeness (QED) is 0.826. The second-order valence-corrected chi connectivity index (χ2v) is 5.25. The molecule has 0 aromatic carbocycles. The molecule has 4 heteroatoms. The molecule has 1 aromatic rings. The third-order valence-corrected chi connectivity index (χ3v) is 3.82. The summed E-state index contributed by atoms with van der Waals surface area (Å²) in [5, 5.41) is 0.537. The predicted octanol–water partition coefficient (Wildman–Crippen LogP) is 2.31. The molecule has 1 rings (SSSR count). The number of carbonyl (C=O) groups excluding carboxylic acids is 1. The first-order valence-corrected chi connectivity index (χ1v) is 6.50. The van der Waals surface area contributed by atoms with E-state index >= 15 is 0 Å². The van der Waals surface area contributed by atoms with Gasteiger partial charge in [0.1, 0.15) is 5.78 Å². The molecule has 1 heterocycles. The van der Waals surface area contributed by atoms with Gasteiger partial charge in [0.05, 0.1) is 5.75 Å². The largest absolute Gasteiger partial charge is 0.398 e. The number of thioether (sulfide) groups is 1. The summed E-state index contributed by atoms with van der Waals surface area (Å²) in [7, 11) is 0. The van der Waals surface area contributed by atoms with Gasteiger partial charge < -0.3 is 5.73 Å². The molecule has 1 atom stereocenters. The van der Waals surface area contributed by atoms with Crippen LogP contribution < -0.4 is 5.73 Å². The van der Waals surface area contributed by atoms with E-state index in [2.05, 4.69) is 18.8 Å². The molecule has 0 aliphatic carbocycles. The van der Waals surface area contributed by atoms with Gasteiger partial charge in [-0.3, -0.25) is 9.78 Å². The number of nitrogens with zero attached hydrogens (tertiary/aromatic N) is 1. The van der Waals surface area contributed by atoms with E-state index in [1.807, 2.05) is 0 Å². The molecule has 2 N–H and O–H groups in total. The highest BCUT2D eigenvalue weighted by Gasteiger charge is 2.08. The van der Waals surface area contributed by atoms with Crippen LogP contribution in [0.5, 0.6) is 0 Å². The van der Waals surface area contributed by atoms with E-state index in [0.717, 1.165) is 12.0 Å². The Morgan fingerprint density at radius 1 is 1.62 bits per heavy atom. The van der Waals surface area contributed by atoms with Crippen molar-refractivity contribution in [2.45, 2.75) is 31.9 Å². The maximum Gasteiger partial charge on any atom is 0.147 e. The molecule has 0 bridgehead atoms. The van der Waals surface area contributed by atoms with Crippen molar-refractivity contribution in [2.24, 2.45) is 0 Å². The Morgan fingerprint density at radius 2 is 2.38 bits per heavy atom. The highest BCUT2D eigenvalue weighted by Crippen LogP contribution is 2.15. The van der Waals surface area contributed by atoms with Crippen molar-refractivity contribution in [2.75, 3.05) is 11.5 Å². The molecule has 0 amide bonds. The van der Waals surface area contributed by atoms with Crippen LogP contribution in [0.2, 0.25) is 0 Å². The summed E-state index contributed by atoms with van der Waals surface area (Å²) in [6.07, 6.45) is 4.79. The molecule has 88 valence electrons. The molecule has 3 nitrogen and oxygen atoms in total. The average molecular weight is 238 g/mol. The lowest BCUT2D eigenvalue weighted by Gasteiger charge is -2.07. The van der Waals surface area contributed by atoms with E-state index < -0.39 is 0 Å². The van der Waals surface area contributed by atoms with Crippen LogP contribution >= 0.6 is 11.8 Å². The van der Waals surface area contributed by atoms with Gasteiger partial charge in [0, 0.05) is 35.3 Å². The van der Waals surface area contributed by atoms with Crippen molar-refractivity contribution in [1.29, 1.82) is 0 Å². The highest BCUT2D eigenvalue weighted by molar-refractivity contribution is 8.00. The Bertz CT molecular complexity index is 355. The molecule has 0 aliphatic heterocycles. The van der Waals surface area contributed by atoms with Crippen LogP contribution in [0.3, 0.4) is 0 Å². The zero-order valence-corrected chi connectivity index (χ0v) is 10.6. The summed E-state index contributed by atoms with van der Waals surface area (Å²) in [5.74, 6) is 0.772. The Hall–Kier alpha value is -1.03. The Balaban J connectivity index is 2.43. The van der Waals surface area contributed by atoms with Gasteiger partial charge in [-0.05, 0) is 12.5 Å². The minimum absolute atomic E-state index is 0.213. The maximum absolute atomic E-state index is 11.7. The van der Waals surface area contributed by atoms with Crippen molar-refractivity contribution in [3.05, 3.63) is 24.0 Å². The second kappa shape index (κ2) is 6.53. The topological polar surface area (TPSA) is 56.0 Å². The van der Waals surface area contributed by atoms with E-state index in [0.29, 0.717) is 23.1 Å². The molecule has 1 aromatic heterocycles. The van der Waals surface area contributed by atoms with Gasteiger partial charge in [-0.25, -0.2) is 0 Å². The van der Waals surface area contributed by atoms with Gasteiger partial charge in [0.2, 0.25) is 0 Å². The number of ketones is 1. The summed E-state index contributed by atoms with van der Waals surface area (Å²) in [4.78, 5) is 15.7. The number of hydrogen-bond acceptors (Lipinski definition) is 4. The van der Waals surface area contributed by atoms with Gasteiger partial charge in [-0.15, -0.1) is 0 Å². The minimum Gasteiger partial charge on any atom is -0.398 e. The summed E-state index contributed by atoms with van der Waals surface area (Å²) >= 11 is 1.70. The maximum atomic E-state index is 11.7. The van der Waals surface area contributed by atoms with Crippen molar-refractivity contribution in [3.63, 3.8) is 0 Å². The van der Waals surface area contributed by atoms with Crippen molar-refractivity contribution in [3.8, 4) is 0 Å². The van der Waals surface area contributed by atoms with E-state index in [-0.39, 0.29) is 5.78 Å². The van der Waals surface area contributed by atoms with Crippen LogP contribution in [-0.2, 0) is 11.2 Å². The van der Waals surface area contributed by atoms with Gasteiger partial charge >= 0.3 is 0 Å². The fourth-order valence-electron chi connectivity index (χ4n) is 1.20. The van der Waals surface area contributed by atoms with Gasteiger partial charge in [-0.2, -0.15) is 11.8 Å². The lowest BCUT2D eigenvalue weighted by molar-refractivity contribution is -0.116. The Labute approximate surface area is 101 Å². The highest BCUT2D eigenvalue weighted by atomic mass is 32.2. The van der Waals surface area contributed by atoms with E-state index in [9.17, 15) is 4.79 Å². The second-order valence-electron chi connectivity index (χ2n) is 3.82. The summed E-state index contributed by atoms with van der Waals surface area (Å²) < 4.78 is 0. The number of nitrogens with two attached hydrogens (primary N) is 1. The number of anilines is 1. The molecular weight excluding hydrogens is 220 g/mol. The third kappa shape index (κ3) is 4.23. The lowest BCUT2D eigenvalue weighted by Crippen LogP contribution is -2.10. The van der Waals surface area contributed by atoms with Crippen LogP contribution in [0.25, 0.3) is 0 Å². The molecule has 0 spiro atoms. The molecule has 0 fully saturated rings. The van der Waals surface area contributed by atoms with E-state index in [1.165, 1.54) is 0 Å². The first-order chi connectivity index (χ1) is 7.63. The van der Waals surface area contributed by atoms with E-state index in [1.54, 1.807) is 30.2 Å². The van der Waals surface area contributed by atoms with Gasteiger partial charge in [0.15, 0.2) is 0 Å². The van der Waals surface area contributed by atoms with E-state index in [4.69, 9.17) is 5.73 Å². The van der Waals surface area contributed by atoms with Gasteiger partial charge in [0.25, 0.3) is 0 Å². The van der Waals surface area contributed by atoms with Crippen LogP contribution in [0.15, 0.2) is 18.5 Å². The van der Waals surface area contributed by atoms with Crippen LogP contribution in [0.4, 0.5) is 5.69 Å². The zero-order valence-electron chi connectivity index (χ0n) is 9.77. The van der Waals surface area contributed by atoms with Crippen LogP contribution in [-0.4, -0.2) is 21.8 Å². The number of nitrogen functional groups attached to an aromatic ring is 1. The standard InChI is InChI=1S/C12H18N2OS/c1-3-9(2)16-8-11(15)6-10-7-14-5-4-12(10)13/h4-5,7,9H,3,6,8H2,1-2H3,(H2,13,14).